The van der Waals surface area contributed by atoms with E-state index < -0.39 is 11.9 Å². The first-order chi connectivity index (χ1) is 12.9. The number of imide groups is 1. The number of phenolic OH excluding ortho intramolecular Hbond substituents is 1. The largest absolute Gasteiger partial charge is 0.503 e. The van der Waals surface area contributed by atoms with Gasteiger partial charge in [0.25, 0.3) is 5.91 Å². The molecule has 1 fully saturated rings. The molecule has 0 bridgehead atoms. The SMILES string of the molecule is CCOc1cc(C=C2NC(=O)N(Cc3ccc(Cl)cc3)C2=O)cc(Br)c1O. The molecule has 27 heavy (non-hydrogen) atoms. The number of carbonyl (C=O) groups excluding carboxylic acids is 2. The average Bonchev–Trinajstić information content (AvgIpc) is 2.88. The minimum absolute atomic E-state index is 0.0230. The number of carbonyl (C=O) groups is 2. The highest BCUT2D eigenvalue weighted by Gasteiger charge is 2.33. The molecule has 0 unspecified atom stereocenters. The van der Waals surface area contributed by atoms with E-state index in [2.05, 4.69) is 21.2 Å². The van der Waals surface area contributed by atoms with Gasteiger partial charge in [0.15, 0.2) is 11.5 Å². The summed E-state index contributed by atoms with van der Waals surface area (Å²) in [6.07, 6.45) is 1.54. The standard InChI is InChI=1S/C19H16BrClN2O4/c1-2-27-16-9-12(7-14(20)17(16)24)8-15-18(25)23(19(26)22-15)10-11-3-5-13(21)6-4-11/h3-9,24H,2,10H2,1H3,(H,22,26). The van der Waals surface area contributed by atoms with Crippen LogP contribution in [0.3, 0.4) is 0 Å². The summed E-state index contributed by atoms with van der Waals surface area (Å²) >= 11 is 9.11. The van der Waals surface area contributed by atoms with Gasteiger partial charge in [-0.1, -0.05) is 23.7 Å². The van der Waals surface area contributed by atoms with Gasteiger partial charge in [-0.05, 0) is 64.3 Å². The van der Waals surface area contributed by atoms with Crippen molar-refractivity contribution in [3.8, 4) is 11.5 Å². The zero-order chi connectivity index (χ0) is 19.6. The van der Waals surface area contributed by atoms with Gasteiger partial charge in [0, 0.05) is 5.02 Å². The molecule has 0 aromatic heterocycles. The molecule has 0 saturated carbocycles. The molecular formula is C19H16BrClN2O4. The van der Waals surface area contributed by atoms with Crippen molar-refractivity contribution >= 4 is 45.5 Å². The number of ether oxygens (including phenoxy) is 1. The summed E-state index contributed by atoms with van der Waals surface area (Å²) in [4.78, 5) is 25.9. The normalized spacial score (nSPS) is 15.4. The number of urea groups is 1. The fourth-order valence-corrected chi connectivity index (χ4v) is 3.18. The number of hydrogen-bond acceptors (Lipinski definition) is 4. The maximum atomic E-state index is 12.6. The van der Waals surface area contributed by atoms with E-state index >= 15 is 0 Å². The zero-order valence-corrected chi connectivity index (χ0v) is 16.7. The van der Waals surface area contributed by atoms with Gasteiger partial charge in [0.2, 0.25) is 0 Å². The van der Waals surface area contributed by atoms with Gasteiger partial charge in [0.05, 0.1) is 17.6 Å². The van der Waals surface area contributed by atoms with E-state index in [9.17, 15) is 14.7 Å². The molecule has 0 radical (unpaired) electrons. The van der Waals surface area contributed by atoms with E-state index in [1.165, 1.54) is 6.08 Å². The number of rotatable bonds is 5. The highest BCUT2D eigenvalue weighted by molar-refractivity contribution is 9.10. The van der Waals surface area contributed by atoms with Gasteiger partial charge in [-0.15, -0.1) is 0 Å². The first kappa shape index (κ1) is 19.3. The molecule has 1 aliphatic rings. The highest BCUT2D eigenvalue weighted by Crippen LogP contribution is 2.36. The molecule has 2 N–H and O–H groups in total. The van der Waals surface area contributed by atoms with Crippen molar-refractivity contribution in [2.75, 3.05) is 6.61 Å². The van der Waals surface area contributed by atoms with Crippen LogP contribution in [0.1, 0.15) is 18.1 Å². The van der Waals surface area contributed by atoms with Crippen LogP contribution in [0.4, 0.5) is 4.79 Å². The van der Waals surface area contributed by atoms with Gasteiger partial charge in [-0.2, -0.15) is 0 Å². The summed E-state index contributed by atoms with van der Waals surface area (Å²) in [6, 6.07) is 9.66. The topological polar surface area (TPSA) is 78.9 Å². The molecule has 6 nitrogen and oxygen atoms in total. The van der Waals surface area contributed by atoms with Gasteiger partial charge >= 0.3 is 6.03 Å². The fourth-order valence-electron chi connectivity index (χ4n) is 2.60. The van der Waals surface area contributed by atoms with E-state index in [0.29, 0.717) is 21.7 Å². The molecule has 8 heteroatoms. The van der Waals surface area contributed by atoms with Crippen LogP contribution in [0.25, 0.3) is 6.08 Å². The Kier molecular flexibility index (Phi) is 5.72. The van der Waals surface area contributed by atoms with Crippen LogP contribution in [0.2, 0.25) is 5.02 Å². The maximum Gasteiger partial charge on any atom is 0.329 e. The predicted octanol–water partition coefficient (Wildman–Crippen LogP) is 4.30. The van der Waals surface area contributed by atoms with E-state index in [0.717, 1.165) is 10.5 Å². The Balaban J connectivity index is 1.85. The van der Waals surface area contributed by atoms with E-state index in [-0.39, 0.29) is 23.7 Å². The molecule has 0 aliphatic carbocycles. The number of nitrogens with zero attached hydrogens (tertiary/aromatic N) is 1. The van der Waals surface area contributed by atoms with Crippen LogP contribution < -0.4 is 10.1 Å². The molecule has 2 aromatic carbocycles. The number of nitrogens with one attached hydrogen (secondary N) is 1. The third kappa shape index (κ3) is 4.26. The summed E-state index contributed by atoms with van der Waals surface area (Å²) in [7, 11) is 0. The van der Waals surface area contributed by atoms with Crippen molar-refractivity contribution in [1.29, 1.82) is 0 Å². The van der Waals surface area contributed by atoms with Gasteiger partial charge in [-0.3, -0.25) is 9.69 Å². The van der Waals surface area contributed by atoms with Crippen LogP contribution in [0.5, 0.6) is 11.5 Å². The molecule has 0 atom stereocenters. The molecule has 3 amide bonds. The van der Waals surface area contributed by atoms with Crippen LogP contribution in [-0.2, 0) is 11.3 Å². The second kappa shape index (κ2) is 8.02. The maximum absolute atomic E-state index is 12.6. The lowest BCUT2D eigenvalue weighted by molar-refractivity contribution is -0.123. The Morgan fingerprint density at radius 1 is 1.26 bits per heavy atom. The Labute approximate surface area is 169 Å². The quantitative estimate of drug-likeness (QED) is 0.525. The summed E-state index contributed by atoms with van der Waals surface area (Å²) in [6.45, 7) is 2.32. The number of aromatic hydroxyl groups is 1. The third-order valence-corrected chi connectivity index (χ3v) is 4.73. The van der Waals surface area contributed by atoms with Crippen molar-refractivity contribution in [3.05, 3.63) is 62.7 Å². The average molecular weight is 452 g/mol. The van der Waals surface area contributed by atoms with Crippen LogP contribution in [0.15, 0.2) is 46.6 Å². The lowest BCUT2D eigenvalue weighted by Gasteiger charge is -2.11. The molecule has 2 aromatic rings. The van der Waals surface area contributed by atoms with E-state index in [1.807, 2.05) is 0 Å². The second-order valence-electron chi connectivity index (χ2n) is 5.79. The number of hydrogen-bond donors (Lipinski definition) is 2. The Morgan fingerprint density at radius 3 is 2.63 bits per heavy atom. The van der Waals surface area contributed by atoms with Crippen molar-refractivity contribution < 1.29 is 19.4 Å². The van der Waals surface area contributed by atoms with Crippen molar-refractivity contribution in [3.63, 3.8) is 0 Å². The first-order valence-electron chi connectivity index (χ1n) is 8.13. The summed E-state index contributed by atoms with van der Waals surface area (Å²) in [5, 5.41) is 13.1. The van der Waals surface area contributed by atoms with Gasteiger partial charge in [0.1, 0.15) is 5.70 Å². The van der Waals surface area contributed by atoms with Crippen molar-refractivity contribution in [2.45, 2.75) is 13.5 Å². The van der Waals surface area contributed by atoms with Crippen LogP contribution >= 0.6 is 27.5 Å². The molecule has 1 heterocycles. The van der Waals surface area contributed by atoms with E-state index in [4.69, 9.17) is 16.3 Å². The lowest BCUT2D eigenvalue weighted by Crippen LogP contribution is -2.30. The number of amides is 3. The highest BCUT2D eigenvalue weighted by atomic mass is 79.9. The Bertz CT molecular complexity index is 928. The molecular weight excluding hydrogens is 436 g/mol. The lowest BCUT2D eigenvalue weighted by atomic mass is 10.1. The summed E-state index contributed by atoms with van der Waals surface area (Å²) < 4.78 is 5.80. The minimum Gasteiger partial charge on any atom is -0.503 e. The second-order valence-corrected chi connectivity index (χ2v) is 7.08. The zero-order valence-electron chi connectivity index (χ0n) is 14.3. The number of benzene rings is 2. The van der Waals surface area contributed by atoms with Crippen LogP contribution in [0, 0.1) is 0 Å². The fraction of sp³-hybridized carbons (Fsp3) is 0.158. The first-order valence-corrected chi connectivity index (χ1v) is 9.30. The van der Waals surface area contributed by atoms with E-state index in [1.54, 1.807) is 43.3 Å². The molecule has 3 rings (SSSR count). The summed E-state index contributed by atoms with van der Waals surface area (Å²) in [5.74, 6) is -0.171. The molecule has 140 valence electrons. The van der Waals surface area contributed by atoms with Crippen LogP contribution in [-0.4, -0.2) is 28.6 Å². The third-order valence-electron chi connectivity index (χ3n) is 3.88. The van der Waals surface area contributed by atoms with Gasteiger partial charge < -0.3 is 15.2 Å². The van der Waals surface area contributed by atoms with Crippen molar-refractivity contribution in [2.24, 2.45) is 0 Å². The molecule has 1 saturated heterocycles. The smallest absolute Gasteiger partial charge is 0.329 e. The van der Waals surface area contributed by atoms with Crippen molar-refractivity contribution in [1.82, 2.24) is 10.2 Å². The Morgan fingerprint density at radius 2 is 1.96 bits per heavy atom. The molecule has 1 aliphatic heterocycles. The van der Waals surface area contributed by atoms with Gasteiger partial charge in [-0.25, -0.2) is 4.79 Å². The number of halogens is 2. The predicted molar refractivity (Wildman–Crippen MR) is 105 cm³/mol. The monoisotopic (exact) mass is 450 g/mol. The summed E-state index contributed by atoms with van der Waals surface area (Å²) in [5.41, 5.74) is 1.53. The minimum atomic E-state index is -0.496. The Hall–Kier alpha value is -2.51. The molecule has 0 spiro atoms. The number of phenols is 1.